The Bertz CT molecular complexity index is 668. The Morgan fingerprint density at radius 3 is 2.85 bits per heavy atom. The molecule has 2 unspecified atom stereocenters. The quantitative estimate of drug-likeness (QED) is 0.931. The summed E-state index contributed by atoms with van der Waals surface area (Å²) < 4.78 is 0. The molecule has 1 fully saturated rings. The van der Waals surface area contributed by atoms with E-state index in [1.54, 1.807) is 11.0 Å². The van der Waals surface area contributed by atoms with Gasteiger partial charge in [0.15, 0.2) is 0 Å². The van der Waals surface area contributed by atoms with Crippen LogP contribution in [0.25, 0.3) is 10.9 Å². The molecule has 3 rings (SSSR count). The molecule has 4 heteroatoms. The van der Waals surface area contributed by atoms with Crippen LogP contribution in [0.1, 0.15) is 23.8 Å². The molecule has 0 radical (unpaired) electrons. The lowest BCUT2D eigenvalue weighted by Gasteiger charge is -2.17. The van der Waals surface area contributed by atoms with Gasteiger partial charge < -0.3 is 10.6 Å². The molecule has 1 heterocycles. The first-order chi connectivity index (χ1) is 9.56. The van der Waals surface area contributed by atoms with Crippen LogP contribution >= 0.6 is 0 Å². The standard InChI is InChI=1S/C16H19N3O/c1-10-7-11(10)9-19(2)16(20)15-8-13(17)12-5-3-4-6-14(12)18-15/h3-6,8,10-11H,7,9H2,1-2H3,(H2,17,18). The normalized spacial score (nSPS) is 20.9. The van der Waals surface area contributed by atoms with E-state index < -0.39 is 0 Å². The van der Waals surface area contributed by atoms with E-state index in [1.165, 1.54) is 6.42 Å². The molecule has 20 heavy (non-hydrogen) atoms. The van der Waals surface area contributed by atoms with E-state index in [0.717, 1.165) is 23.4 Å². The summed E-state index contributed by atoms with van der Waals surface area (Å²) in [7, 11) is 1.83. The zero-order valence-electron chi connectivity index (χ0n) is 11.8. The highest BCUT2D eigenvalue weighted by molar-refractivity contribution is 5.99. The third-order valence-corrected chi connectivity index (χ3v) is 4.10. The fourth-order valence-electron chi connectivity index (χ4n) is 2.60. The number of fused-ring (bicyclic) bond motifs is 1. The predicted octanol–water partition coefficient (Wildman–Crippen LogP) is 2.55. The van der Waals surface area contributed by atoms with E-state index in [9.17, 15) is 4.79 Å². The number of anilines is 1. The van der Waals surface area contributed by atoms with Gasteiger partial charge >= 0.3 is 0 Å². The Morgan fingerprint density at radius 1 is 1.45 bits per heavy atom. The molecule has 1 aliphatic carbocycles. The topological polar surface area (TPSA) is 59.2 Å². The number of amides is 1. The molecule has 2 N–H and O–H groups in total. The lowest BCUT2D eigenvalue weighted by Crippen LogP contribution is -2.29. The second-order valence-corrected chi connectivity index (χ2v) is 5.77. The maximum Gasteiger partial charge on any atom is 0.272 e. The molecule has 0 spiro atoms. The average Bonchev–Trinajstić information content (AvgIpc) is 3.13. The molecule has 1 aromatic carbocycles. The molecule has 2 aromatic rings. The SMILES string of the molecule is CC1CC1CN(C)C(=O)c1cc(N)c2ccccc2n1. The Hall–Kier alpha value is -2.10. The summed E-state index contributed by atoms with van der Waals surface area (Å²) >= 11 is 0. The van der Waals surface area contributed by atoms with Crippen LogP contribution in [-0.4, -0.2) is 29.4 Å². The van der Waals surface area contributed by atoms with E-state index in [-0.39, 0.29) is 5.91 Å². The van der Waals surface area contributed by atoms with E-state index in [2.05, 4.69) is 11.9 Å². The Kier molecular flexibility index (Phi) is 3.08. The van der Waals surface area contributed by atoms with Crippen molar-refractivity contribution in [1.29, 1.82) is 0 Å². The van der Waals surface area contributed by atoms with Crippen LogP contribution in [0.3, 0.4) is 0 Å². The zero-order valence-corrected chi connectivity index (χ0v) is 11.8. The summed E-state index contributed by atoms with van der Waals surface area (Å²) in [4.78, 5) is 18.6. The molecule has 2 atom stereocenters. The fourth-order valence-corrected chi connectivity index (χ4v) is 2.60. The van der Waals surface area contributed by atoms with Crippen molar-refractivity contribution in [3.05, 3.63) is 36.0 Å². The molecule has 1 aromatic heterocycles. The third kappa shape index (κ3) is 2.33. The van der Waals surface area contributed by atoms with Crippen LogP contribution in [-0.2, 0) is 0 Å². The van der Waals surface area contributed by atoms with Gasteiger partial charge in [0.05, 0.1) is 5.52 Å². The number of benzene rings is 1. The molecule has 1 aliphatic rings. The number of aromatic nitrogens is 1. The lowest BCUT2D eigenvalue weighted by atomic mass is 10.1. The summed E-state index contributed by atoms with van der Waals surface area (Å²) in [5.41, 5.74) is 7.82. The number of nitrogens with two attached hydrogens (primary N) is 1. The summed E-state index contributed by atoms with van der Waals surface area (Å²) in [6.45, 7) is 3.02. The van der Waals surface area contributed by atoms with Gasteiger partial charge in [-0.1, -0.05) is 25.1 Å². The molecule has 4 nitrogen and oxygen atoms in total. The zero-order chi connectivity index (χ0) is 14.3. The van der Waals surface area contributed by atoms with Gasteiger partial charge in [-0.25, -0.2) is 4.98 Å². The lowest BCUT2D eigenvalue weighted by molar-refractivity contribution is 0.0781. The monoisotopic (exact) mass is 269 g/mol. The average molecular weight is 269 g/mol. The number of hydrogen-bond donors (Lipinski definition) is 1. The summed E-state index contributed by atoms with van der Waals surface area (Å²) in [6, 6.07) is 9.30. The Labute approximate surface area is 118 Å². The highest BCUT2D eigenvalue weighted by atomic mass is 16.2. The fraction of sp³-hybridized carbons (Fsp3) is 0.375. The van der Waals surface area contributed by atoms with Crippen molar-refractivity contribution in [3.8, 4) is 0 Å². The Balaban J connectivity index is 1.87. The van der Waals surface area contributed by atoms with Crippen LogP contribution in [0.5, 0.6) is 0 Å². The van der Waals surface area contributed by atoms with E-state index in [4.69, 9.17) is 5.73 Å². The third-order valence-electron chi connectivity index (χ3n) is 4.10. The minimum absolute atomic E-state index is 0.0541. The number of carbonyl (C=O) groups is 1. The van der Waals surface area contributed by atoms with Crippen LogP contribution in [0.15, 0.2) is 30.3 Å². The second kappa shape index (κ2) is 4.78. The van der Waals surface area contributed by atoms with Gasteiger partial charge in [-0.05, 0) is 30.4 Å². The maximum atomic E-state index is 12.4. The minimum atomic E-state index is -0.0541. The number of nitrogen functional groups attached to an aromatic ring is 1. The van der Waals surface area contributed by atoms with Crippen molar-refractivity contribution in [2.24, 2.45) is 11.8 Å². The van der Waals surface area contributed by atoms with Crippen LogP contribution in [0, 0.1) is 11.8 Å². The van der Waals surface area contributed by atoms with E-state index in [1.807, 2.05) is 31.3 Å². The first-order valence-electron chi connectivity index (χ1n) is 6.97. The molecule has 104 valence electrons. The smallest absolute Gasteiger partial charge is 0.272 e. The first-order valence-corrected chi connectivity index (χ1v) is 6.97. The van der Waals surface area contributed by atoms with Crippen molar-refractivity contribution in [1.82, 2.24) is 9.88 Å². The van der Waals surface area contributed by atoms with Gasteiger partial charge in [-0.2, -0.15) is 0 Å². The van der Waals surface area contributed by atoms with Crippen LogP contribution in [0.2, 0.25) is 0 Å². The van der Waals surface area contributed by atoms with Crippen molar-refractivity contribution in [2.45, 2.75) is 13.3 Å². The predicted molar refractivity (Wildman–Crippen MR) is 80.4 cm³/mol. The number of pyridine rings is 1. The van der Waals surface area contributed by atoms with Crippen molar-refractivity contribution >= 4 is 22.5 Å². The van der Waals surface area contributed by atoms with Gasteiger partial charge in [-0.15, -0.1) is 0 Å². The molecule has 1 amide bonds. The highest BCUT2D eigenvalue weighted by Crippen LogP contribution is 2.38. The largest absolute Gasteiger partial charge is 0.398 e. The number of nitrogens with zero attached hydrogens (tertiary/aromatic N) is 2. The van der Waals surface area contributed by atoms with Crippen molar-refractivity contribution in [3.63, 3.8) is 0 Å². The van der Waals surface area contributed by atoms with E-state index in [0.29, 0.717) is 17.3 Å². The molecular weight excluding hydrogens is 250 g/mol. The molecular formula is C16H19N3O. The van der Waals surface area contributed by atoms with Gasteiger partial charge in [0.25, 0.3) is 5.91 Å². The maximum absolute atomic E-state index is 12.4. The van der Waals surface area contributed by atoms with Gasteiger partial charge in [0.1, 0.15) is 5.69 Å². The second-order valence-electron chi connectivity index (χ2n) is 5.77. The van der Waals surface area contributed by atoms with Crippen LogP contribution in [0.4, 0.5) is 5.69 Å². The minimum Gasteiger partial charge on any atom is -0.398 e. The number of hydrogen-bond acceptors (Lipinski definition) is 3. The van der Waals surface area contributed by atoms with Gasteiger partial charge in [0.2, 0.25) is 0 Å². The Morgan fingerprint density at radius 2 is 2.15 bits per heavy atom. The molecule has 0 bridgehead atoms. The molecule has 0 aliphatic heterocycles. The molecule has 1 saturated carbocycles. The summed E-state index contributed by atoms with van der Waals surface area (Å²) in [5, 5.41) is 0.891. The number of carbonyl (C=O) groups excluding carboxylic acids is 1. The van der Waals surface area contributed by atoms with Crippen molar-refractivity contribution < 1.29 is 4.79 Å². The summed E-state index contributed by atoms with van der Waals surface area (Å²) in [6.07, 6.45) is 1.21. The molecule has 0 saturated heterocycles. The van der Waals surface area contributed by atoms with Gasteiger partial charge in [-0.3, -0.25) is 4.79 Å². The van der Waals surface area contributed by atoms with Gasteiger partial charge in [0, 0.05) is 24.7 Å². The highest BCUT2D eigenvalue weighted by Gasteiger charge is 2.34. The van der Waals surface area contributed by atoms with Crippen molar-refractivity contribution in [2.75, 3.05) is 19.3 Å². The van der Waals surface area contributed by atoms with Crippen LogP contribution < -0.4 is 5.73 Å². The first kappa shape index (κ1) is 12.9. The van der Waals surface area contributed by atoms with E-state index >= 15 is 0 Å². The number of para-hydroxylation sites is 1. The number of rotatable bonds is 3. The summed E-state index contributed by atoms with van der Waals surface area (Å²) in [5.74, 6) is 1.32.